The van der Waals surface area contributed by atoms with Crippen molar-refractivity contribution in [3.05, 3.63) is 52.4 Å². The summed E-state index contributed by atoms with van der Waals surface area (Å²) in [6.07, 6.45) is 1.44. The normalized spacial score (nSPS) is 12.7. The zero-order chi connectivity index (χ0) is 13.2. The molecule has 1 aromatic carbocycles. The second-order valence-corrected chi connectivity index (χ2v) is 4.08. The third-order valence-corrected chi connectivity index (χ3v) is 2.94. The lowest BCUT2D eigenvalue weighted by molar-refractivity contribution is 0.234. The number of benzene rings is 1. The van der Waals surface area contributed by atoms with Crippen LogP contribution in [0.5, 0.6) is 0 Å². The van der Waals surface area contributed by atoms with E-state index in [1.165, 1.54) is 6.20 Å². The molecule has 0 spiro atoms. The molecule has 96 valence electrons. The van der Waals surface area contributed by atoms with E-state index in [0.717, 1.165) is 10.2 Å². The molecule has 2 aromatic heterocycles. The van der Waals surface area contributed by atoms with E-state index in [-0.39, 0.29) is 17.7 Å². The maximum Gasteiger partial charge on any atom is 0.296 e. The predicted octanol–water partition coefficient (Wildman–Crippen LogP) is 0.0963. The first-order valence-electron chi connectivity index (χ1n) is 5.75. The molecule has 0 bridgehead atoms. The van der Waals surface area contributed by atoms with Crippen molar-refractivity contribution >= 4 is 11.0 Å². The summed E-state index contributed by atoms with van der Waals surface area (Å²) in [5.74, 6) is 0. The van der Waals surface area contributed by atoms with Gasteiger partial charge in [0.1, 0.15) is 11.6 Å². The van der Waals surface area contributed by atoms with Gasteiger partial charge in [-0.2, -0.15) is 9.78 Å². The summed E-state index contributed by atoms with van der Waals surface area (Å²) in [7, 11) is 0. The summed E-state index contributed by atoms with van der Waals surface area (Å²) in [5.41, 5.74) is 1.13. The lowest BCUT2D eigenvalue weighted by atomic mass is 10.1. The minimum atomic E-state index is -0.561. The summed E-state index contributed by atoms with van der Waals surface area (Å²) < 4.78 is 1.16. The van der Waals surface area contributed by atoms with Gasteiger partial charge in [-0.25, -0.2) is 0 Å². The maximum atomic E-state index is 12.2. The van der Waals surface area contributed by atoms with E-state index in [1.807, 2.05) is 30.3 Å². The Labute approximate surface area is 107 Å². The number of nitrogens with zero attached hydrogens (tertiary/aromatic N) is 4. The average molecular weight is 257 g/mol. The monoisotopic (exact) mass is 257 g/mol. The number of hydrogen-bond acceptors (Lipinski definition) is 5. The summed E-state index contributed by atoms with van der Waals surface area (Å²) in [6, 6.07) is 8.63. The fourth-order valence-electron chi connectivity index (χ4n) is 1.97. The summed E-state index contributed by atoms with van der Waals surface area (Å²) in [4.78, 5) is 12.2. The molecule has 0 radical (unpaired) electrons. The second kappa shape index (κ2) is 4.62. The summed E-state index contributed by atoms with van der Waals surface area (Å²) in [5, 5.41) is 23.6. The van der Waals surface area contributed by atoms with Crippen molar-refractivity contribution in [1.82, 2.24) is 25.2 Å². The first kappa shape index (κ1) is 11.5. The van der Waals surface area contributed by atoms with Crippen LogP contribution in [0.1, 0.15) is 11.6 Å². The van der Waals surface area contributed by atoms with Crippen molar-refractivity contribution in [3.63, 3.8) is 0 Å². The molecule has 2 N–H and O–H groups in total. The minimum Gasteiger partial charge on any atom is -0.394 e. The number of hydrogen-bond donors (Lipinski definition) is 2. The Hall–Kier alpha value is -2.54. The molecular formula is C12H11N5O2. The number of nitrogens with one attached hydrogen (secondary N) is 1. The second-order valence-electron chi connectivity index (χ2n) is 4.08. The molecule has 3 aromatic rings. The van der Waals surface area contributed by atoms with E-state index < -0.39 is 6.04 Å². The third kappa shape index (κ3) is 1.89. The van der Waals surface area contributed by atoms with Gasteiger partial charge in [-0.3, -0.25) is 9.89 Å². The molecular weight excluding hydrogens is 246 g/mol. The van der Waals surface area contributed by atoms with Crippen LogP contribution < -0.4 is 5.56 Å². The number of aliphatic hydroxyl groups is 1. The zero-order valence-corrected chi connectivity index (χ0v) is 9.89. The number of aliphatic hydroxyl groups excluding tert-OH is 1. The number of fused-ring (bicyclic) bond motifs is 1. The van der Waals surface area contributed by atoms with Gasteiger partial charge >= 0.3 is 0 Å². The number of H-pyrrole nitrogens is 1. The SMILES string of the molecule is O=c1c2[nH]ncc2nnn1[C@@H](CO)c1ccccc1. The average Bonchev–Trinajstić information content (AvgIpc) is 2.93. The van der Waals surface area contributed by atoms with Crippen LogP contribution in [-0.4, -0.2) is 36.9 Å². The van der Waals surface area contributed by atoms with Crippen LogP contribution in [0.4, 0.5) is 0 Å². The molecule has 0 amide bonds. The molecule has 0 saturated carbocycles. The van der Waals surface area contributed by atoms with Gasteiger partial charge in [-0.1, -0.05) is 35.5 Å². The number of rotatable bonds is 3. The number of aromatic amines is 1. The zero-order valence-electron chi connectivity index (χ0n) is 9.89. The Morgan fingerprint density at radius 3 is 2.84 bits per heavy atom. The smallest absolute Gasteiger partial charge is 0.296 e. The van der Waals surface area contributed by atoms with Crippen LogP contribution in [-0.2, 0) is 0 Å². The summed E-state index contributed by atoms with van der Waals surface area (Å²) in [6.45, 7) is -0.238. The van der Waals surface area contributed by atoms with E-state index in [0.29, 0.717) is 5.52 Å². The van der Waals surface area contributed by atoms with Gasteiger partial charge in [-0.05, 0) is 5.56 Å². The fourth-order valence-corrected chi connectivity index (χ4v) is 1.97. The van der Waals surface area contributed by atoms with Crippen molar-refractivity contribution in [2.75, 3.05) is 6.61 Å². The molecule has 19 heavy (non-hydrogen) atoms. The van der Waals surface area contributed by atoms with Crippen LogP contribution in [0.15, 0.2) is 41.3 Å². The summed E-state index contributed by atoms with van der Waals surface area (Å²) >= 11 is 0. The Balaban J connectivity index is 2.17. The molecule has 0 fully saturated rings. The minimum absolute atomic E-state index is 0.238. The molecule has 7 heteroatoms. The highest BCUT2D eigenvalue weighted by Gasteiger charge is 2.17. The Bertz CT molecular complexity index is 749. The molecule has 0 aliphatic heterocycles. The van der Waals surface area contributed by atoms with Crippen molar-refractivity contribution in [3.8, 4) is 0 Å². The Morgan fingerprint density at radius 1 is 1.32 bits per heavy atom. The fraction of sp³-hybridized carbons (Fsp3) is 0.167. The van der Waals surface area contributed by atoms with Crippen molar-refractivity contribution in [1.29, 1.82) is 0 Å². The quantitative estimate of drug-likeness (QED) is 0.693. The molecule has 0 aliphatic rings. The highest BCUT2D eigenvalue weighted by molar-refractivity contribution is 5.70. The molecule has 0 unspecified atom stereocenters. The van der Waals surface area contributed by atoms with Crippen molar-refractivity contribution < 1.29 is 5.11 Å². The predicted molar refractivity (Wildman–Crippen MR) is 67.6 cm³/mol. The van der Waals surface area contributed by atoms with Gasteiger partial charge in [0.2, 0.25) is 0 Å². The van der Waals surface area contributed by atoms with Crippen LogP contribution >= 0.6 is 0 Å². The first-order valence-corrected chi connectivity index (χ1v) is 5.75. The van der Waals surface area contributed by atoms with E-state index in [1.54, 1.807) is 0 Å². The van der Waals surface area contributed by atoms with Gasteiger partial charge in [-0.15, -0.1) is 5.10 Å². The van der Waals surface area contributed by atoms with Gasteiger partial charge in [0.05, 0.1) is 12.8 Å². The number of aromatic nitrogens is 5. The first-order chi connectivity index (χ1) is 9.31. The van der Waals surface area contributed by atoms with Crippen molar-refractivity contribution in [2.24, 2.45) is 0 Å². The third-order valence-electron chi connectivity index (χ3n) is 2.94. The van der Waals surface area contributed by atoms with E-state index in [2.05, 4.69) is 20.5 Å². The van der Waals surface area contributed by atoms with Gasteiger partial charge in [0, 0.05) is 0 Å². The largest absolute Gasteiger partial charge is 0.394 e. The molecule has 1 atom stereocenters. The Morgan fingerprint density at radius 2 is 2.11 bits per heavy atom. The molecule has 3 rings (SSSR count). The lowest BCUT2D eigenvalue weighted by Gasteiger charge is -2.15. The van der Waals surface area contributed by atoms with E-state index >= 15 is 0 Å². The van der Waals surface area contributed by atoms with Crippen LogP contribution in [0, 0.1) is 0 Å². The lowest BCUT2D eigenvalue weighted by Crippen LogP contribution is -2.31. The highest BCUT2D eigenvalue weighted by atomic mass is 16.3. The standard InChI is InChI=1S/C12H11N5O2/c18-7-10(8-4-2-1-3-5-8)17-12(19)11-9(14-16-17)6-13-15-11/h1-6,10,18H,7H2,(H,13,15)/t10-/m0/s1. The van der Waals surface area contributed by atoms with Gasteiger partial charge in [0.15, 0.2) is 5.52 Å². The van der Waals surface area contributed by atoms with Crippen LogP contribution in [0.2, 0.25) is 0 Å². The highest BCUT2D eigenvalue weighted by Crippen LogP contribution is 2.14. The molecule has 0 saturated heterocycles. The van der Waals surface area contributed by atoms with Gasteiger partial charge < -0.3 is 5.11 Å². The van der Waals surface area contributed by atoms with Crippen molar-refractivity contribution in [2.45, 2.75) is 6.04 Å². The van der Waals surface area contributed by atoms with Gasteiger partial charge in [0.25, 0.3) is 5.56 Å². The topological polar surface area (TPSA) is 96.7 Å². The van der Waals surface area contributed by atoms with Crippen LogP contribution in [0.3, 0.4) is 0 Å². The van der Waals surface area contributed by atoms with E-state index in [9.17, 15) is 9.90 Å². The van der Waals surface area contributed by atoms with Crippen LogP contribution in [0.25, 0.3) is 11.0 Å². The molecule has 2 heterocycles. The molecule has 0 aliphatic carbocycles. The maximum absolute atomic E-state index is 12.2. The molecule has 7 nitrogen and oxygen atoms in total. The van der Waals surface area contributed by atoms with E-state index in [4.69, 9.17) is 0 Å². The Kier molecular flexibility index (Phi) is 2.81.